The Balaban J connectivity index is 1.53. The van der Waals surface area contributed by atoms with Crippen molar-refractivity contribution in [1.82, 2.24) is 4.31 Å². The number of hydrogen-bond donors (Lipinski definition) is 1. The van der Waals surface area contributed by atoms with Crippen LogP contribution in [0, 0.1) is 5.92 Å². The molecule has 0 unspecified atom stereocenters. The molecule has 1 fully saturated rings. The molecule has 2 aromatic rings. The second-order valence-electron chi connectivity index (χ2n) is 7.57. The van der Waals surface area contributed by atoms with E-state index in [2.05, 4.69) is 12.2 Å². The van der Waals surface area contributed by atoms with Gasteiger partial charge in [0.15, 0.2) is 0 Å². The zero-order valence-corrected chi connectivity index (χ0v) is 16.8. The first-order chi connectivity index (χ1) is 13.4. The fourth-order valence-corrected chi connectivity index (χ4v) is 5.36. The lowest BCUT2D eigenvalue weighted by Crippen LogP contribution is -2.37. The minimum absolute atomic E-state index is 0.203. The number of sulfonamides is 1. The van der Waals surface area contributed by atoms with Gasteiger partial charge in [-0.05, 0) is 61.1 Å². The molecule has 2 aromatic carbocycles. The van der Waals surface area contributed by atoms with E-state index in [0.29, 0.717) is 36.9 Å². The number of rotatable bonds is 3. The van der Waals surface area contributed by atoms with E-state index < -0.39 is 10.0 Å². The number of carbonyl (C=O) groups is 1. The van der Waals surface area contributed by atoms with E-state index in [9.17, 15) is 13.2 Å². The molecule has 0 atom stereocenters. The van der Waals surface area contributed by atoms with Gasteiger partial charge < -0.3 is 5.32 Å². The average molecular weight is 400 g/mol. The van der Waals surface area contributed by atoms with Crippen LogP contribution in [0.2, 0.25) is 0 Å². The maximum Gasteiger partial charge on any atom is 0.326 e. The Morgan fingerprint density at radius 3 is 2.46 bits per heavy atom. The molecule has 0 aliphatic carbocycles. The van der Waals surface area contributed by atoms with Crippen molar-refractivity contribution in [3.05, 3.63) is 54.1 Å². The Labute approximate surface area is 166 Å². The minimum atomic E-state index is -3.48. The number of urea groups is 1. The number of piperidine rings is 1. The highest BCUT2D eigenvalue weighted by molar-refractivity contribution is 7.89. The van der Waals surface area contributed by atoms with Gasteiger partial charge >= 0.3 is 6.03 Å². The summed E-state index contributed by atoms with van der Waals surface area (Å²) in [5.41, 5.74) is 2.41. The van der Waals surface area contributed by atoms with Crippen molar-refractivity contribution in [3.63, 3.8) is 0 Å². The molecule has 0 spiro atoms. The molecular formula is C21H25N3O3S. The van der Waals surface area contributed by atoms with E-state index in [4.69, 9.17) is 0 Å². The van der Waals surface area contributed by atoms with Crippen molar-refractivity contribution in [2.45, 2.75) is 31.1 Å². The number of carbonyl (C=O) groups excluding carboxylic acids is 1. The monoisotopic (exact) mass is 399 g/mol. The Morgan fingerprint density at radius 1 is 1.04 bits per heavy atom. The van der Waals surface area contributed by atoms with E-state index in [1.807, 2.05) is 30.3 Å². The molecule has 2 aliphatic heterocycles. The molecule has 28 heavy (non-hydrogen) atoms. The topological polar surface area (TPSA) is 69.7 Å². The summed E-state index contributed by atoms with van der Waals surface area (Å²) in [6, 6.07) is 14.2. The first-order valence-electron chi connectivity index (χ1n) is 9.72. The summed E-state index contributed by atoms with van der Waals surface area (Å²) < 4.78 is 27.6. The lowest BCUT2D eigenvalue weighted by Gasteiger charge is -2.29. The van der Waals surface area contributed by atoms with Gasteiger partial charge in [-0.15, -0.1) is 0 Å². The Bertz CT molecular complexity index is 968. The molecular weight excluding hydrogens is 374 g/mol. The second-order valence-corrected chi connectivity index (χ2v) is 9.51. The number of para-hydroxylation sites is 1. The summed E-state index contributed by atoms with van der Waals surface area (Å²) in [7, 11) is -3.48. The first-order valence-corrected chi connectivity index (χ1v) is 11.2. The summed E-state index contributed by atoms with van der Waals surface area (Å²) in [6.07, 6.45) is 2.45. The predicted octanol–water partition coefficient (Wildman–Crippen LogP) is 3.70. The number of benzene rings is 2. The maximum absolute atomic E-state index is 13.0. The highest BCUT2D eigenvalue weighted by atomic mass is 32.2. The highest BCUT2D eigenvalue weighted by Crippen LogP contribution is 2.32. The molecule has 1 N–H and O–H groups in total. The number of nitrogens with one attached hydrogen (secondary N) is 1. The van der Waals surface area contributed by atoms with Gasteiger partial charge in [-0.2, -0.15) is 4.31 Å². The van der Waals surface area contributed by atoms with E-state index in [0.717, 1.165) is 29.8 Å². The molecule has 0 aromatic heterocycles. The van der Waals surface area contributed by atoms with Gasteiger partial charge in [-0.25, -0.2) is 13.2 Å². The molecule has 0 saturated carbocycles. The van der Waals surface area contributed by atoms with E-state index >= 15 is 0 Å². The molecule has 2 amide bonds. The van der Waals surface area contributed by atoms with Crippen LogP contribution in [0.1, 0.15) is 25.3 Å². The van der Waals surface area contributed by atoms with Crippen LogP contribution in [0.3, 0.4) is 0 Å². The molecule has 7 heteroatoms. The Kier molecular flexibility index (Phi) is 5.12. The lowest BCUT2D eigenvalue weighted by molar-refractivity contribution is 0.257. The Hall–Kier alpha value is -2.38. The smallest absolute Gasteiger partial charge is 0.308 e. The fraction of sp³-hybridized carbons (Fsp3) is 0.381. The van der Waals surface area contributed by atoms with Crippen LogP contribution in [0.15, 0.2) is 53.4 Å². The van der Waals surface area contributed by atoms with Gasteiger partial charge in [0.05, 0.1) is 4.90 Å². The lowest BCUT2D eigenvalue weighted by atomic mass is 10.0. The van der Waals surface area contributed by atoms with Gasteiger partial charge in [-0.3, -0.25) is 4.90 Å². The van der Waals surface area contributed by atoms with Crippen LogP contribution in [-0.4, -0.2) is 38.4 Å². The third-order valence-corrected chi connectivity index (χ3v) is 7.49. The van der Waals surface area contributed by atoms with Crippen molar-refractivity contribution in [3.8, 4) is 0 Å². The number of hydrogen-bond acceptors (Lipinski definition) is 3. The number of fused-ring (bicyclic) bond motifs is 1. The van der Waals surface area contributed by atoms with Crippen LogP contribution < -0.4 is 10.2 Å². The molecule has 1 saturated heterocycles. The summed E-state index contributed by atoms with van der Waals surface area (Å²) in [5, 5.41) is 2.89. The number of anilines is 2. The van der Waals surface area contributed by atoms with Crippen molar-refractivity contribution in [2.75, 3.05) is 29.9 Å². The van der Waals surface area contributed by atoms with Gasteiger partial charge in [0.25, 0.3) is 0 Å². The average Bonchev–Trinajstić information content (AvgIpc) is 3.12. The van der Waals surface area contributed by atoms with Crippen molar-refractivity contribution >= 4 is 27.4 Å². The van der Waals surface area contributed by atoms with Gasteiger partial charge in [-0.1, -0.05) is 25.1 Å². The molecule has 0 bridgehead atoms. The molecule has 0 radical (unpaired) electrons. The fourth-order valence-electron chi connectivity index (χ4n) is 3.84. The van der Waals surface area contributed by atoms with E-state index in [-0.39, 0.29) is 6.03 Å². The minimum Gasteiger partial charge on any atom is -0.308 e. The molecule has 6 nitrogen and oxygen atoms in total. The summed E-state index contributed by atoms with van der Waals surface area (Å²) >= 11 is 0. The van der Waals surface area contributed by atoms with E-state index in [1.54, 1.807) is 27.4 Å². The number of nitrogens with zero attached hydrogens (tertiary/aromatic N) is 2. The van der Waals surface area contributed by atoms with Gasteiger partial charge in [0.1, 0.15) is 0 Å². The predicted molar refractivity (Wildman–Crippen MR) is 110 cm³/mol. The summed E-state index contributed by atoms with van der Waals surface area (Å²) in [5.74, 6) is 0.572. The van der Waals surface area contributed by atoms with E-state index in [1.165, 1.54) is 0 Å². The maximum atomic E-state index is 13.0. The Morgan fingerprint density at radius 2 is 1.75 bits per heavy atom. The van der Waals surface area contributed by atoms with Crippen molar-refractivity contribution in [2.24, 2.45) is 5.92 Å². The first kappa shape index (κ1) is 19.0. The SMILES string of the molecule is CC1CCN(S(=O)(=O)c2ccc3c(c2)CCN3C(=O)Nc2ccccc2)CC1. The zero-order valence-electron chi connectivity index (χ0n) is 16.0. The van der Waals surface area contributed by atoms with Crippen LogP contribution >= 0.6 is 0 Å². The quantitative estimate of drug-likeness (QED) is 0.856. The van der Waals surface area contributed by atoms with Crippen molar-refractivity contribution < 1.29 is 13.2 Å². The van der Waals surface area contributed by atoms with Crippen LogP contribution in [0.5, 0.6) is 0 Å². The molecule has 2 heterocycles. The summed E-state index contributed by atoms with van der Waals surface area (Å²) in [4.78, 5) is 14.6. The molecule has 2 aliphatic rings. The normalized spacial score (nSPS) is 18.1. The van der Waals surface area contributed by atoms with Crippen LogP contribution in [0.25, 0.3) is 0 Å². The molecule has 148 valence electrons. The second kappa shape index (κ2) is 7.56. The van der Waals surface area contributed by atoms with Crippen molar-refractivity contribution in [1.29, 1.82) is 0 Å². The largest absolute Gasteiger partial charge is 0.326 e. The van der Waals surface area contributed by atoms with Gasteiger partial charge in [0, 0.05) is 31.0 Å². The standard InChI is InChI=1S/C21H25N3O3S/c1-16-9-12-23(13-10-16)28(26,27)19-7-8-20-17(15-19)11-14-24(20)21(25)22-18-5-3-2-4-6-18/h2-8,15-16H,9-14H2,1H3,(H,22,25). The number of amides is 2. The van der Waals surface area contributed by atoms with Gasteiger partial charge in [0.2, 0.25) is 10.0 Å². The zero-order chi connectivity index (χ0) is 19.7. The third-order valence-electron chi connectivity index (χ3n) is 5.60. The summed E-state index contributed by atoms with van der Waals surface area (Å²) in [6.45, 7) is 3.85. The third kappa shape index (κ3) is 3.64. The molecule has 4 rings (SSSR count). The van der Waals surface area contributed by atoms with Crippen LogP contribution in [0.4, 0.5) is 16.2 Å². The van der Waals surface area contributed by atoms with Crippen LogP contribution in [-0.2, 0) is 16.4 Å². The highest BCUT2D eigenvalue weighted by Gasteiger charge is 2.31.